The summed E-state index contributed by atoms with van der Waals surface area (Å²) in [5.41, 5.74) is 0.676. The van der Waals surface area contributed by atoms with Crippen LogP contribution in [-0.4, -0.2) is 26.4 Å². The van der Waals surface area contributed by atoms with Gasteiger partial charge in [-0.3, -0.25) is 24.4 Å². The molecule has 8 nitrogen and oxygen atoms in total. The predicted molar refractivity (Wildman–Crippen MR) is 76.6 cm³/mol. The van der Waals surface area contributed by atoms with E-state index in [0.29, 0.717) is 17.7 Å². The molecule has 1 aromatic carbocycles. The van der Waals surface area contributed by atoms with Crippen LogP contribution in [0.2, 0.25) is 0 Å². The molecule has 0 unspecified atom stereocenters. The average molecular weight is 318 g/mol. The maximum atomic E-state index is 14.1. The van der Waals surface area contributed by atoms with E-state index < -0.39 is 16.5 Å². The first-order valence-corrected chi connectivity index (χ1v) is 6.76. The SMILES string of the molecule is O=C1CCc2cc(C(=O)Cn3cc([N+](=O)[O-])cn3)c(F)cc2N1. The topological polar surface area (TPSA) is 107 Å². The van der Waals surface area contributed by atoms with Gasteiger partial charge in [-0.2, -0.15) is 5.10 Å². The fraction of sp³-hybridized carbons (Fsp3) is 0.214. The Balaban J connectivity index is 1.84. The molecule has 0 atom stereocenters. The molecule has 1 N–H and O–H groups in total. The molecule has 1 aromatic heterocycles. The number of benzene rings is 1. The Hall–Kier alpha value is -3.10. The van der Waals surface area contributed by atoms with Gasteiger partial charge < -0.3 is 5.32 Å². The summed E-state index contributed by atoms with van der Waals surface area (Å²) < 4.78 is 15.2. The molecule has 23 heavy (non-hydrogen) atoms. The lowest BCUT2D eigenvalue weighted by Gasteiger charge is -2.17. The number of halogens is 1. The van der Waals surface area contributed by atoms with Crippen molar-refractivity contribution in [2.45, 2.75) is 19.4 Å². The lowest BCUT2D eigenvalue weighted by Crippen LogP contribution is -2.20. The number of rotatable bonds is 4. The molecule has 118 valence electrons. The van der Waals surface area contributed by atoms with E-state index in [0.717, 1.165) is 23.1 Å². The highest BCUT2D eigenvalue weighted by Crippen LogP contribution is 2.26. The van der Waals surface area contributed by atoms with Gasteiger partial charge in [0.15, 0.2) is 5.78 Å². The number of aryl methyl sites for hydroxylation is 1. The Morgan fingerprint density at radius 3 is 2.91 bits per heavy atom. The summed E-state index contributed by atoms with van der Waals surface area (Å²) in [4.78, 5) is 33.4. The molecule has 0 bridgehead atoms. The number of aromatic nitrogens is 2. The number of anilines is 1. The molecule has 3 rings (SSSR count). The third-order valence-corrected chi connectivity index (χ3v) is 3.52. The Kier molecular flexibility index (Phi) is 3.61. The summed E-state index contributed by atoms with van der Waals surface area (Å²) in [5, 5.41) is 16.8. The van der Waals surface area contributed by atoms with E-state index in [9.17, 15) is 24.1 Å². The van der Waals surface area contributed by atoms with Crippen molar-refractivity contribution in [2.75, 3.05) is 5.32 Å². The van der Waals surface area contributed by atoms with Crippen LogP contribution in [-0.2, 0) is 17.8 Å². The van der Waals surface area contributed by atoms with Crippen molar-refractivity contribution in [1.82, 2.24) is 9.78 Å². The number of carbonyl (C=O) groups is 2. The van der Waals surface area contributed by atoms with Crippen LogP contribution in [0.1, 0.15) is 22.3 Å². The number of carbonyl (C=O) groups excluding carboxylic acids is 2. The van der Waals surface area contributed by atoms with Crippen molar-refractivity contribution in [1.29, 1.82) is 0 Å². The molecule has 9 heteroatoms. The molecule has 0 aliphatic carbocycles. The molecule has 1 amide bonds. The normalized spacial score (nSPS) is 13.3. The van der Waals surface area contributed by atoms with Crippen molar-refractivity contribution in [3.05, 3.63) is 51.6 Å². The monoisotopic (exact) mass is 318 g/mol. The van der Waals surface area contributed by atoms with Gasteiger partial charge in [0.2, 0.25) is 5.91 Å². The van der Waals surface area contributed by atoms with E-state index in [1.165, 1.54) is 6.07 Å². The molecule has 0 fully saturated rings. The second-order valence-corrected chi connectivity index (χ2v) is 5.11. The molecule has 0 spiro atoms. The Morgan fingerprint density at radius 2 is 2.22 bits per heavy atom. The van der Waals surface area contributed by atoms with Gasteiger partial charge in [0.05, 0.1) is 10.5 Å². The molecular formula is C14H11FN4O4. The summed E-state index contributed by atoms with van der Waals surface area (Å²) in [7, 11) is 0. The molecular weight excluding hydrogens is 307 g/mol. The van der Waals surface area contributed by atoms with Crippen molar-refractivity contribution < 1.29 is 18.9 Å². The van der Waals surface area contributed by atoms with Crippen LogP contribution >= 0.6 is 0 Å². The minimum Gasteiger partial charge on any atom is -0.326 e. The number of ketones is 1. The van der Waals surface area contributed by atoms with Crippen molar-refractivity contribution in [3.63, 3.8) is 0 Å². The predicted octanol–water partition coefficient (Wildman–Crippen LogP) is 1.70. The first kappa shape index (κ1) is 14.8. The lowest BCUT2D eigenvalue weighted by atomic mass is 9.98. The zero-order valence-corrected chi connectivity index (χ0v) is 11.8. The van der Waals surface area contributed by atoms with E-state index in [1.807, 2.05) is 0 Å². The highest BCUT2D eigenvalue weighted by Gasteiger charge is 2.21. The molecule has 0 saturated carbocycles. The van der Waals surface area contributed by atoms with Crippen LogP contribution in [0.5, 0.6) is 0 Å². The number of nitro groups is 1. The van der Waals surface area contributed by atoms with Crippen molar-refractivity contribution >= 4 is 23.1 Å². The van der Waals surface area contributed by atoms with Crippen LogP contribution in [0.25, 0.3) is 0 Å². The van der Waals surface area contributed by atoms with Crippen LogP contribution < -0.4 is 5.32 Å². The van der Waals surface area contributed by atoms with Gasteiger partial charge in [0.25, 0.3) is 0 Å². The number of hydrogen-bond acceptors (Lipinski definition) is 5. The van der Waals surface area contributed by atoms with Crippen LogP contribution in [0.3, 0.4) is 0 Å². The van der Waals surface area contributed by atoms with E-state index in [1.54, 1.807) is 0 Å². The second-order valence-electron chi connectivity index (χ2n) is 5.11. The fourth-order valence-electron chi connectivity index (χ4n) is 2.38. The van der Waals surface area contributed by atoms with E-state index in [2.05, 4.69) is 10.4 Å². The Labute approximate surface area is 129 Å². The molecule has 1 aliphatic heterocycles. The van der Waals surface area contributed by atoms with Crippen LogP contribution in [0, 0.1) is 15.9 Å². The summed E-state index contributed by atoms with van der Waals surface area (Å²) in [6.45, 7) is -0.310. The van der Waals surface area contributed by atoms with Gasteiger partial charge in [-0.25, -0.2) is 4.39 Å². The third-order valence-electron chi connectivity index (χ3n) is 3.52. The van der Waals surface area contributed by atoms with Crippen LogP contribution in [0.4, 0.5) is 15.8 Å². The molecule has 0 radical (unpaired) electrons. The zero-order chi connectivity index (χ0) is 16.6. The highest BCUT2D eigenvalue weighted by atomic mass is 19.1. The summed E-state index contributed by atoms with van der Waals surface area (Å²) in [5.74, 6) is -1.50. The number of nitrogens with one attached hydrogen (secondary N) is 1. The van der Waals surface area contributed by atoms with Crippen LogP contribution in [0.15, 0.2) is 24.5 Å². The molecule has 2 aromatic rings. The first-order valence-electron chi connectivity index (χ1n) is 6.76. The van der Waals surface area contributed by atoms with E-state index >= 15 is 0 Å². The molecule has 1 aliphatic rings. The fourth-order valence-corrected chi connectivity index (χ4v) is 2.38. The van der Waals surface area contributed by atoms with Gasteiger partial charge in [-0.1, -0.05) is 0 Å². The first-order chi connectivity index (χ1) is 10.9. The van der Waals surface area contributed by atoms with E-state index in [4.69, 9.17) is 0 Å². The maximum Gasteiger partial charge on any atom is 0.307 e. The number of hydrogen-bond donors (Lipinski definition) is 1. The second kappa shape index (κ2) is 5.59. The van der Waals surface area contributed by atoms with Crippen molar-refractivity contribution in [3.8, 4) is 0 Å². The average Bonchev–Trinajstić information content (AvgIpc) is 2.95. The number of nitrogens with zero attached hydrogens (tertiary/aromatic N) is 3. The van der Waals surface area contributed by atoms with Gasteiger partial charge in [0.1, 0.15) is 24.8 Å². The smallest absolute Gasteiger partial charge is 0.307 e. The minimum absolute atomic E-state index is 0.127. The number of fused-ring (bicyclic) bond motifs is 1. The number of Topliss-reactive ketones (excluding diaryl/α,β-unsaturated/α-hetero) is 1. The van der Waals surface area contributed by atoms with Gasteiger partial charge in [-0.05, 0) is 24.1 Å². The summed E-state index contributed by atoms with van der Waals surface area (Å²) >= 11 is 0. The Bertz CT molecular complexity index is 830. The molecule has 2 heterocycles. The Morgan fingerprint density at radius 1 is 1.43 bits per heavy atom. The van der Waals surface area contributed by atoms with Gasteiger partial charge in [0, 0.05) is 12.1 Å². The summed E-state index contributed by atoms with van der Waals surface area (Å²) in [6.07, 6.45) is 2.83. The number of amides is 1. The maximum absolute atomic E-state index is 14.1. The standard InChI is InChI=1S/C14H11FN4O4/c15-11-4-12-8(1-2-14(21)17-12)3-10(11)13(20)7-18-6-9(5-16-18)19(22)23/h3-6H,1-2,7H2,(H,17,21). The lowest BCUT2D eigenvalue weighted by molar-refractivity contribution is -0.385. The summed E-state index contributed by atoms with van der Waals surface area (Å²) in [6, 6.07) is 2.52. The van der Waals surface area contributed by atoms with Gasteiger partial charge >= 0.3 is 5.69 Å². The minimum atomic E-state index is -0.752. The van der Waals surface area contributed by atoms with E-state index in [-0.39, 0.29) is 30.1 Å². The molecule has 0 saturated heterocycles. The zero-order valence-electron chi connectivity index (χ0n) is 11.8. The third kappa shape index (κ3) is 2.93. The largest absolute Gasteiger partial charge is 0.326 e. The van der Waals surface area contributed by atoms with Gasteiger partial charge in [-0.15, -0.1) is 0 Å². The highest BCUT2D eigenvalue weighted by molar-refractivity contribution is 5.99. The quantitative estimate of drug-likeness (QED) is 0.524. The van der Waals surface area contributed by atoms with Crippen molar-refractivity contribution in [2.24, 2.45) is 0 Å².